The molecule has 0 atom stereocenters. The molecule has 0 bridgehead atoms. The third-order valence-corrected chi connectivity index (χ3v) is 2.43. The van der Waals surface area contributed by atoms with Gasteiger partial charge in [-0.15, -0.1) is 0 Å². The summed E-state index contributed by atoms with van der Waals surface area (Å²) in [6.45, 7) is 0. The lowest BCUT2D eigenvalue weighted by atomic mass is 9.79. The van der Waals surface area contributed by atoms with E-state index in [0.29, 0.717) is 11.4 Å². The maximum Gasteiger partial charge on any atom is 0.488 e. The maximum atomic E-state index is 9.07. The third kappa shape index (κ3) is 2.74. The summed E-state index contributed by atoms with van der Waals surface area (Å²) in [7, 11) is -3.17. The molecule has 0 unspecified atom stereocenters. The number of hydrogen-bond donors (Lipinski definition) is 4. The predicted octanol–water partition coefficient (Wildman–Crippen LogP) is -2.50. The van der Waals surface area contributed by atoms with Gasteiger partial charge in [-0.2, -0.15) is 0 Å². The summed E-state index contributed by atoms with van der Waals surface area (Å²) in [6, 6.07) is 5.89. The Hall–Kier alpha value is -1.73. The molecule has 2 aromatic rings. The fourth-order valence-electron chi connectivity index (χ4n) is 1.50. The SMILES string of the molecule is OB(O)c1ccnc(-c2cc(B(O)O)ccn2)c1. The molecular formula is C10H10B2N2O4. The lowest BCUT2D eigenvalue weighted by Gasteiger charge is -2.05. The van der Waals surface area contributed by atoms with Crippen molar-refractivity contribution >= 4 is 25.2 Å². The minimum Gasteiger partial charge on any atom is -0.423 e. The molecule has 6 nitrogen and oxygen atoms in total. The van der Waals surface area contributed by atoms with Crippen LogP contribution in [0.15, 0.2) is 36.7 Å². The number of hydrogen-bond acceptors (Lipinski definition) is 6. The van der Waals surface area contributed by atoms with Crippen molar-refractivity contribution in [2.75, 3.05) is 0 Å². The molecule has 0 fully saturated rings. The van der Waals surface area contributed by atoms with Crippen LogP contribution >= 0.6 is 0 Å². The molecule has 2 rings (SSSR count). The van der Waals surface area contributed by atoms with Crippen LogP contribution in [-0.4, -0.2) is 44.3 Å². The molecule has 0 radical (unpaired) electrons. The van der Waals surface area contributed by atoms with Crippen LogP contribution in [0.2, 0.25) is 0 Å². The molecule has 0 saturated carbocycles. The van der Waals surface area contributed by atoms with Gasteiger partial charge in [0.25, 0.3) is 0 Å². The Morgan fingerprint density at radius 3 is 1.44 bits per heavy atom. The van der Waals surface area contributed by atoms with E-state index in [2.05, 4.69) is 9.97 Å². The van der Waals surface area contributed by atoms with Gasteiger partial charge >= 0.3 is 14.2 Å². The van der Waals surface area contributed by atoms with E-state index >= 15 is 0 Å². The number of rotatable bonds is 3. The molecule has 18 heavy (non-hydrogen) atoms. The molecule has 4 N–H and O–H groups in total. The average Bonchev–Trinajstić information content (AvgIpc) is 2.39. The van der Waals surface area contributed by atoms with E-state index in [-0.39, 0.29) is 10.9 Å². The van der Waals surface area contributed by atoms with Crippen LogP contribution < -0.4 is 10.9 Å². The Labute approximate surface area is 104 Å². The van der Waals surface area contributed by atoms with E-state index in [1.165, 1.54) is 36.7 Å². The van der Waals surface area contributed by atoms with Gasteiger partial charge in [0.1, 0.15) is 0 Å². The van der Waals surface area contributed by atoms with Gasteiger partial charge in [0, 0.05) is 12.4 Å². The zero-order valence-corrected chi connectivity index (χ0v) is 9.30. The number of aromatic nitrogens is 2. The first-order valence-corrected chi connectivity index (χ1v) is 5.22. The van der Waals surface area contributed by atoms with Crippen LogP contribution in [0.1, 0.15) is 0 Å². The highest BCUT2D eigenvalue weighted by Gasteiger charge is 2.15. The molecule has 0 aliphatic carbocycles. The highest BCUT2D eigenvalue weighted by molar-refractivity contribution is 6.59. The average molecular weight is 244 g/mol. The van der Waals surface area contributed by atoms with Crippen molar-refractivity contribution in [1.29, 1.82) is 0 Å². The first-order valence-electron chi connectivity index (χ1n) is 5.22. The summed E-state index contributed by atoms with van der Waals surface area (Å²) in [5.41, 5.74) is 1.42. The van der Waals surface area contributed by atoms with Gasteiger partial charge in [-0.05, 0) is 35.2 Å². The second kappa shape index (κ2) is 5.28. The summed E-state index contributed by atoms with van der Waals surface area (Å²) in [6.07, 6.45) is 2.85. The van der Waals surface area contributed by atoms with Gasteiger partial charge in [0.2, 0.25) is 0 Å². The molecule has 0 aliphatic heterocycles. The predicted molar refractivity (Wildman–Crippen MR) is 67.1 cm³/mol. The van der Waals surface area contributed by atoms with Crippen LogP contribution in [0.4, 0.5) is 0 Å². The Morgan fingerprint density at radius 2 is 1.11 bits per heavy atom. The van der Waals surface area contributed by atoms with Gasteiger partial charge in [-0.25, -0.2) is 0 Å². The first kappa shape index (κ1) is 12.7. The summed E-state index contributed by atoms with van der Waals surface area (Å²) in [5.74, 6) is 0. The second-order valence-electron chi connectivity index (χ2n) is 3.70. The van der Waals surface area contributed by atoms with Gasteiger partial charge < -0.3 is 20.1 Å². The van der Waals surface area contributed by atoms with Crippen molar-refractivity contribution in [3.8, 4) is 11.4 Å². The standard InChI is InChI=1S/C10H10B2N2O4/c15-11(16)7-1-3-13-9(5-7)10-6-8(12(17)18)2-4-14-10/h1-6,15-18H. The zero-order valence-electron chi connectivity index (χ0n) is 9.30. The molecule has 0 aliphatic rings. The monoisotopic (exact) mass is 244 g/mol. The zero-order chi connectivity index (χ0) is 13.1. The Balaban J connectivity index is 2.42. The first-order chi connectivity index (χ1) is 8.58. The van der Waals surface area contributed by atoms with Crippen molar-refractivity contribution in [3.05, 3.63) is 36.7 Å². The molecule has 90 valence electrons. The topological polar surface area (TPSA) is 107 Å². The van der Waals surface area contributed by atoms with E-state index in [1.54, 1.807) is 0 Å². The van der Waals surface area contributed by atoms with Gasteiger partial charge in [-0.3, -0.25) is 9.97 Å². The minimum atomic E-state index is -1.58. The minimum absolute atomic E-state index is 0.289. The highest BCUT2D eigenvalue weighted by Crippen LogP contribution is 2.10. The van der Waals surface area contributed by atoms with Crippen molar-refractivity contribution in [1.82, 2.24) is 9.97 Å². The fraction of sp³-hybridized carbons (Fsp3) is 0. The maximum absolute atomic E-state index is 9.07. The molecule has 2 aromatic heterocycles. The lowest BCUT2D eigenvalue weighted by Crippen LogP contribution is -2.31. The Kier molecular flexibility index (Phi) is 3.73. The fourth-order valence-corrected chi connectivity index (χ4v) is 1.50. The molecular weight excluding hydrogens is 234 g/mol. The van der Waals surface area contributed by atoms with Crippen LogP contribution in [0.25, 0.3) is 11.4 Å². The normalized spacial score (nSPS) is 10.2. The molecule has 0 amide bonds. The molecule has 0 spiro atoms. The van der Waals surface area contributed by atoms with E-state index < -0.39 is 14.2 Å². The summed E-state index contributed by atoms with van der Waals surface area (Å²) in [5, 5.41) is 36.3. The van der Waals surface area contributed by atoms with Crippen molar-refractivity contribution in [2.45, 2.75) is 0 Å². The molecule has 0 saturated heterocycles. The van der Waals surface area contributed by atoms with Gasteiger partial charge in [0.05, 0.1) is 11.4 Å². The molecule has 8 heteroatoms. The Morgan fingerprint density at radius 1 is 0.722 bits per heavy atom. The summed E-state index contributed by atoms with van der Waals surface area (Å²) in [4.78, 5) is 8.09. The Bertz CT molecular complexity index is 501. The molecule has 2 heterocycles. The van der Waals surface area contributed by atoms with Gasteiger partial charge in [0.15, 0.2) is 0 Å². The molecule has 0 aromatic carbocycles. The van der Waals surface area contributed by atoms with Crippen LogP contribution in [0.3, 0.4) is 0 Å². The van der Waals surface area contributed by atoms with Crippen LogP contribution in [0, 0.1) is 0 Å². The third-order valence-electron chi connectivity index (χ3n) is 2.43. The second-order valence-corrected chi connectivity index (χ2v) is 3.70. The van der Waals surface area contributed by atoms with Crippen LogP contribution in [0.5, 0.6) is 0 Å². The quantitative estimate of drug-likeness (QED) is 0.444. The largest absolute Gasteiger partial charge is 0.488 e. The van der Waals surface area contributed by atoms with E-state index in [1.807, 2.05) is 0 Å². The van der Waals surface area contributed by atoms with Crippen molar-refractivity contribution < 1.29 is 20.1 Å². The van der Waals surface area contributed by atoms with Crippen LogP contribution in [-0.2, 0) is 0 Å². The van der Waals surface area contributed by atoms with E-state index in [0.717, 1.165) is 0 Å². The van der Waals surface area contributed by atoms with E-state index in [9.17, 15) is 0 Å². The van der Waals surface area contributed by atoms with E-state index in [4.69, 9.17) is 20.1 Å². The summed E-state index contributed by atoms with van der Waals surface area (Å²) < 4.78 is 0. The lowest BCUT2D eigenvalue weighted by molar-refractivity contribution is 0.424. The highest BCUT2D eigenvalue weighted by atomic mass is 16.4. The number of nitrogens with zero attached hydrogens (tertiary/aromatic N) is 2. The van der Waals surface area contributed by atoms with Crippen molar-refractivity contribution in [2.24, 2.45) is 0 Å². The number of pyridine rings is 2. The van der Waals surface area contributed by atoms with Gasteiger partial charge in [-0.1, -0.05) is 0 Å². The summed E-state index contributed by atoms with van der Waals surface area (Å²) >= 11 is 0. The smallest absolute Gasteiger partial charge is 0.423 e. The van der Waals surface area contributed by atoms with Crippen molar-refractivity contribution in [3.63, 3.8) is 0 Å².